The van der Waals surface area contributed by atoms with Crippen molar-refractivity contribution in [2.24, 2.45) is 0 Å². The minimum Gasteiger partial charge on any atom is -0.446 e. The molecule has 2 aromatic rings. The summed E-state index contributed by atoms with van der Waals surface area (Å²) in [4.78, 5) is 48.0. The minimum absolute atomic E-state index is 0.0333. The van der Waals surface area contributed by atoms with E-state index < -0.39 is 35.4 Å². The number of likely N-dealkylation sites (N-methyl/N-ethyl adjacent to an activating group) is 1. The Morgan fingerprint density at radius 3 is 2.39 bits per heavy atom. The summed E-state index contributed by atoms with van der Waals surface area (Å²) >= 11 is 0. The second-order valence-corrected chi connectivity index (χ2v) is 6.00. The Morgan fingerprint density at radius 1 is 1.11 bits per heavy atom. The summed E-state index contributed by atoms with van der Waals surface area (Å²) in [5.41, 5.74) is 0.293. The molecule has 28 heavy (non-hydrogen) atoms. The van der Waals surface area contributed by atoms with E-state index >= 15 is 0 Å². The molecule has 0 aliphatic carbocycles. The zero-order chi connectivity index (χ0) is 20.7. The zero-order valence-electron chi connectivity index (χ0n) is 15.3. The van der Waals surface area contributed by atoms with E-state index in [0.717, 1.165) is 6.07 Å². The van der Waals surface area contributed by atoms with E-state index in [1.54, 1.807) is 30.3 Å². The number of amides is 2. The van der Waals surface area contributed by atoms with Gasteiger partial charge in [0.25, 0.3) is 17.5 Å². The summed E-state index contributed by atoms with van der Waals surface area (Å²) in [5, 5.41) is 13.1. The Bertz CT molecular complexity index is 882. The molecule has 0 heterocycles. The van der Waals surface area contributed by atoms with E-state index in [1.165, 1.54) is 37.2 Å². The fraction of sp³-hybridized carbons (Fsp3) is 0.211. The number of nitrogens with one attached hydrogen (secondary N) is 1. The standard InChI is InChI=1S/C19H19N3O6/c1-21(2)19(25)17(13-7-4-3-5-8-13)28-16(23)12-20-18(24)14-9-6-10-15(11-14)22(26)27/h3-11,17H,12H2,1-2H3,(H,20,24)/t17-/m0/s1. The maximum absolute atomic E-state index is 12.3. The molecule has 0 aromatic heterocycles. The van der Waals surface area contributed by atoms with Gasteiger partial charge in [0.05, 0.1) is 4.92 Å². The number of esters is 1. The van der Waals surface area contributed by atoms with Crippen molar-refractivity contribution in [3.63, 3.8) is 0 Å². The fourth-order valence-corrected chi connectivity index (χ4v) is 2.31. The lowest BCUT2D eigenvalue weighted by atomic mass is 10.1. The van der Waals surface area contributed by atoms with Crippen LogP contribution in [-0.2, 0) is 14.3 Å². The number of rotatable bonds is 7. The highest BCUT2D eigenvalue weighted by molar-refractivity contribution is 5.96. The highest BCUT2D eigenvalue weighted by Gasteiger charge is 2.26. The van der Waals surface area contributed by atoms with Crippen molar-refractivity contribution < 1.29 is 24.0 Å². The Labute approximate surface area is 161 Å². The van der Waals surface area contributed by atoms with Crippen LogP contribution in [0.5, 0.6) is 0 Å². The van der Waals surface area contributed by atoms with E-state index in [-0.39, 0.29) is 11.3 Å². The monoisotopic (exact) mass is 385 g/mol. The third-order valence-corrected chi connectivity index (χ3v) is 3.73. The number of ether oxygens (including phenoxy) is 1. The quantitative estimate of drug-likeness (QED) is 0.440. The van der Waals surface area contributed by atoms with Crippen LogP contribution >= 0.6 is 0 Å². The predicted molar refractivity (Wildman–Crippen MR) is 99.4 cm³/mol. The number of nitro groups is 1. The second kappa shape index (κ2) is 9.26. The second-order valence-electron chi connectivity index (χ2n) is 6.00. The molecule has 2 aromatic carbocycles. The van der Waals surface area contributed by atoms with Gasteiger partial charge in [-0.1, -0.05) is 36.4 Å². The molecule has 0 bridgehead atoms. The number of hydrogen-bond acceptors (Lipinski definition) is 6. The van der Waals surface area contributed by atoms with E-state index in [4.69, 9.17) is 4.74 Å². The third kappa shape index (κ3) is 5.37. The molecule has 0 aliphatic rings. The first-order valence-corrected chi connectivity index (χ1v) is 8.28. The molecule has 0 unspecified atom stereocenters. The lowest BCUT2D eigenvalue weighted by molar-refractivity contribution is -0.384. The smallest absolute Gasteiger partial charge is 0.326 e. The number of carbonyl (C=O) groups is 3. The number of benzene rings is 2. The van der Waals surface area contributed by atoms with Gasteiger partial charge >= 0.3 is 5.97 Å². The highest BCUT2D eigenvalue weighted by atomic mass is 16.6. The molecule has 0 fully saturated rings. The van der Waals surface area contributed by atoms with Gasteiger partial charge in [-0.15, -0.1) is 0 Å². The largest absolute Gasteiger partial charge is 0.446 e. The molecule has 0 spiro atoms. The highest BCUT2D eigenvalue weighted by Crippen LogP contribution is 2.19. The van der Waals surface area contributed by atoms with Gasteiger partial charge in [0.15, 0.2) is 0 Å². The zero-order valence-corrected chi connectivity index (χ0v) is 15.3. The number of nitrogens with zero attached hydrogens (tertiary/aromatic N) is 2. The summed E-state index contributed by atoms with van der Waals surface area (Å²) < 4.78 is 5.25. The lowest BCUT2D eigenvalue weighted by Crippen LogP contribution is -2.35. The molecule has 9 heteroatoms. The molecule has 1 atom stereocenters. The van der Waals surface area contributed by atoms with Gasteiger partial charge in [-0.25, -0.2) is 0 Å². The van der Waals surface area contributed by atoms with Gasteiger partial charge in [-0.05, 0) is 6.07 Å². The normalized spacial score (nSPS) is 11.2. The Hall–Kier alpha value is -3.75. The van der Waals surface area contributed by atoms with Crippen molar-refractivity contribution in [1.29, 1.82) is 0 Å². The van der Waals surface area contributed by atoms with Gasteiger partial charge < -0.3 is 15.0 Å². The van der Waals surface area contributed by atoms with Crippen LogP contribution in [-0.4, -0.2) is 48.2 Å². The molecule has 0 aliphatic heterocycles. The fourth-order valence-electron chi connectivity index (χ4n) is 2.31. The summed E-state index contributed by atoms with van der Waals surface area (Å²) in [5.74, 6) is -1.91. The van der Waals surface area contributed by atoms with Crippen molar-refractivity contribution in [2.45, 2.75) is 6.10 Å². The van der Waals surface area contributed by atoms with Crippen molar-refractivity contribution in [3.05, 3.63) is 75.8 Å². The maximum atomic E-state index is 12.3. The van der Waals surface area contributed by atoms with Crippen LogP contribution < -0.4 is 5.32 Å². The SMILES string of the molecule is CN(C)C(=O)[C@@H](OC(=O)CNC(=O)c1cccc([N+](=O)[O-])c1)c1ccccc1. The van der Waals surface area contributed by atoms with E-state index in [9.17, 15) is 24.5 Å². The Balaban J connectivity index is 2.03. The third-order valence-electron chi connectivity index (χ3n) is 3.73. The summed E-state index contributed by atoms with van der Waals surface area (Å²) in [6.07, 6.45) is -1.14. The van der Waals surface area contributed by atoms with Gasteiger partial charge in [-0.3, -0.25) is 24.5 Å². The van der Waals surface area contributed by atoms with E-state index in [1.807, 2.05) is 0 Å². The van der Waals surface area contributed by atoms with Crippen molar-refractivity contribution >= 4 is 23.5 Å². The van der Waals surface area contributed by atoms with Crippen molar-refractivity contribution in [3.8, 4) is 0 Å². The topological polar surface area (TPSA) is 119 Å². The molecule has 0 saturated carbocycles. The van der Waals surface area contributed by atoms with Crippen LogP contribution in [0.25, 0.3) is 0 Å². The number of carbonyl (C=O) groups excluding carboxylic acids is 3. The Kier molecular flexibility index (Phi) is 6.80. The van der Waals surface area contributed by atoms with Crippen LogP contribution in [0.15, 0.2) is 54.6 Å². The van der Waals surface area contributed by atoms with Crippen LogP contribution in [0, 0.1) is 10.1 Å². The lowest BCUT2D eigenvalue weighted by Gasteiger charge is -2.21. The molecule has 0 saturated heterocycles. The first-order chi connectivity index (χ1) is 13.3. The van der Waals surface area contributed by atoms with Crippen molar-refractivity contribution in [1.82, 2.24) is 10.2 Å². The van der Waals surface area contributed by atoms with Gasteiger partial charge in [0.1, 0.15) is 6.54 Å². The number of nitro benzene ring substituents is 1. The van der Waals surface area contributed by atoms with E-state index in [0.29, 0.717) is 5.56 Å². The summed E-state index contributed by atoms with van der Waals surface area (Å²) in [6.45, 7) is -0.494. The molecule has 146 valence electrons. The van der Waals surface area contributed by atoms with Gasteiger partial charge in [0, 0.05) is 37.4 Å². The summed E-state index contributed by atoms with van der Waals surface area (Å²) in [6, 6.07) is 13.6. The maximum Gasteiger partial charge on any atom is 0.326 e. The molecular weight excluding hydrogens is 366 g/mol. The van der Waals surface area contributed by atoms with Crippen LogP contribution in [0.3, 0.4) is 0 Å². The van der Waals surface area contributed by atoms with Gasteiger partial charge in [-0.2, -0.15) is 0 Å². The van der Waals surface area contributed by atoms with Crippen molar-refractivity contribution in [2.75, 3.05) is 20.6 Å². The Morgan fingerprint density at radius 2 is 1.79 bits per heavy atom. The summed E-state index contributed by atoms with van der Waals surface area (Å²) in [7, 11) is 3.08. The van der Waals surface area contributed by atoms with Crippen LogP contribution in [0.2, 0.25) is 0 Å². The minimum atomic E-state index is -1.14. The van der Waals surface area contributed by atoms with Crippen LogP contribution in [0.4, 0.5) is 5.69 Å². The average molecular weight is 385 g/mol. The number of hydrogen-bond donors (Lipinski definition) is 1. The molecule has 2 amide bonds. The first kappa shape index (κ1) is 20.6. The van der Waals surface area contributed by atoms with Crippen LogP contribution in [0.1, 0.15) is 22.0 Å². The first-order valence-electron chi connectivity index (χ1n) is 8.28. The predicted octanol–water partition coefficient (Wildman–Crippen LogP) is 1.70. The average Bonchev–Trinajstić information content (AvgIpc) is 2.70. The molecule has 1 N–H and O–H groups in total. The van der Waals surface area contributed by atoms with Gasteiger partial charge in [0.2, 0.25) is 6.10 Å². The molecule has 2 rings (SSSR count). The molecule has 0 radical (unpaired) electrons. The molecule has 9 nitrogen and oxygen atoms in total. The molecular formula is C19H19N3O6. The number of non-ortho nitro benzene ring substituents is 1. The van der Waals surface area contributed by atoms with E-state index in [2.05, 4.69) is 5.32 Å².